The Morgan fingerprint density at radius 2 is 2.22 bits per heavy atom. The average molecular weight is 251 g/mol. The summed E-state index contributed by atoms with van der Waals surface area (Å²) in [5.74, 6) is 1.44. The molecule has 3 N–H and O–H groups in total. The van der Waals surface area contributed by atoms with Gasteiger partial charge < -0.3 is 15.8 Å². The van der Waals surface area contributed by atoms with Crippen molar-refractivity contribution in [2.24, 2.45) is 22.1 Å². The van der Waals surface area contributed by atoms with Gasteiger partial charge >= 0.3 is 0 Å². The van der Waals surface area contributed by atoms with Crippen molar-refractivity contribution < 1.29 is 4.74 Å². The molecule has 0 spiro atoms. The Kier molecular flexibility index (Phi) is 3.22. The van der Waals surface area contributed by atoms with Gasteiger partial charge in [0.05, 0.1) is 18.8 Å². The summed E-state index contributed by atoms with van der Waals surface area (Å²) >= 11 is 0. The summed E-state index contributed by atoms with van der Waals surface area (Å²) in [5, 5.41) is 3.26. The van der Waals surface area contributed by atoms with E-state index in [1.807, 2.05) is 0 Å². The summed E-state index contributed by atoms with van der Waals surface area (Å²) in [6.07, 6.45) is 8.54. The standard InChI is InChI=1S/C14H25N3O/c1-14(7-11-5-6-12(14)18-11)9-17-13(15)16-8-10-3-2-4-10/h10-12H,2-9H2,1H3,(H3,15,16,17). The molecule has 4 heteroatoms. The smallest absolute Gasteiger partial charge is 0.188 e. The fourth-order valence-corrected chi connectivity index (χ4v) is 3.45. The lowest BCUT2D eigenvalue weighted by Gasteiger charge is -2.29. The van der Waals surface area contributed by atoms with E-state index < -0.39 is 0 Å². The molecule has 2 aliphatic heterocycles. The summed E-state index contributed by atoms with van der Waals surface area (Å²) in [6.45, 7) is 4.09. The molecule has 0 radical (unpaired) electrons. The highest BCUT2D eigenvalue weighted by Crippen LogP contribution is 2.47. The second-order valence-corrected chi connectivity index (χ2v) is 6.56. The SMILES string of the molecule is CC1(CN=C(N)NCC2CCC2)CC2CCC1O2. The van der Waals surface area contributed by atoms with Crippen LogP contribution in [0.15, 0.2) is 4.99 Å². The van der Waals surface area contributed by atoms with Crippen LogP contribution in [0.2, 0.25) is 0 Å². The second kappa shape index (κ2) is 4.72. The second-order valence-electron chi connectivity index (χ2n) is 6.56. The largest absolute Gasteiger partial charge is 0.374 e. The van der Waals surface area contributed by atoms with Crippen molar-refractivity contribution in [2.45, 2.75) is 57.7 Å². The predicted molar refractivity (Wildman–Crippen MR) is 72.5 cm³/mol. The first-order valence-corrected chi connectivity index (χ1v) is 7.35. The van der Waals surface area contributed by atoms with E-state index in [1.54, 1.807) is 0 Å². The number of hydrogen-bond acceptors (Lipinski definition) is 2. The van der Waals surface area contributed by atoms with Crippen LogP contribution in [0.4, 0.5) is 0 Å². The molecule has 4 nitrogen and oxygen atoms in total. The van der Waals surface area contributed by atoms with Crippen molar-refractivity contribution in [2.75, 3.05) is 13.1 Å². The summed E-state index contributed by atoms with van der Waals surface area (Å²) in [6, 6.07) is 0. The summed E-state index contributed by atoms with van der Waals surface area (Å²) in [4.78, 5) is 4.53. The zero-order valence-electron chi connectivity index (χ0n) is 11.3. The summed E-state index contributed by atoms with van der Waals surface area (Å²) in [7, 11) is 0. The molecule has 0 aromatic heterocycles. The van der Waals surface area contributed by atoms with Gasteiger partial charge in [0.1, 0.15) is 0 Å². The van der Waals surface area contributed by atoms with Gasteiger partial charge in [-0.3, -0.25) is 4.99 Å². The number of nitrogens with zero attached hydrogens (tertiary/aromatic N) is 1. The molecule has 3 fully saturated rings. The lowest BCUT2D eigenvalue weighted by atomic mass is 9.76. The van der Waals surface area contributed by atoms with Gasteiger partial charge in [-0.1, -0.05) is 13.3 Å². The van der Waals surface area contributed by atoms with Crippen molar-refractivity contribution >= 4 is 5.96 Å². The molecule has 0 aromatic rings. The van der Waals surface area contributed by atoms with Crippen molar-refractivity contribution in [1.29, 1.82) is 0 Å². The van der Waals surface area contributed by atoms with Crippen LogP contribution < -0.4 is 11.1 Å². The van der Waals surface area contributed by atoms with E-state index in [0.29, 0.717) is 18.2 Å². The van der Waals surface area contributed by atoms with E-state index in [-0.39, 0.29) is 5.41 Å². The van der Waals surface area contributed by atoms with E-state index in [4.69, 9.17) is 10.5 Å². The Balaban J connectivity index is 1.47. The Hall–Kier alpha value is -0.770. The highest BCUT2D eigenvalue weighted by atomic mass is 16.5. The molecule has 1 aliphatic carbocycles. The topological polar surface area (TPSA) is 59.6 Å². The van der Waals surface area contributed by atoms with Gasteiger partial charge in [0.2, 0.25) is 0 Å². The van der Waals surface area contributed by atoms with E-state index in [2.05, 4.69) is 17.2 Å². The first-order chi connectivity index (χ1) is 8.66. The van der Waals surface area contributed by atoms with Gasteiger partial charge in [-0.2, -0.15) is 0 Å². The first-order valence-electron chi connectivity index (χ1n) is 7.35. The Morgan fingerprint density at radius 3 is 2.78 bits per heavy atom. The van der Waals surface area contributed by atoms with Crippen LogP contribution in [-0.2, 0) is 4.74 Å². The van der Waals surface area contributed by atoms with Crippen molar-refractivity contribution in [3.63, 3.8) is 0 Å². The number of nitrogens with two attached hydrogens (primary N) is 1. The zero-order valence-corrected chi connectivity index (χ0v) is 11.3. The fourth-order valence-electron chi connectivity index (χ4n) is 3.45. The number of rotatable bonds is 4. The maximum Gasteiger partial charge on any atom is 0.188 e. The van der Waals surface area contributed by atoms with Crippen LogP contribution >= 0.6 is 0 Å². The Labute approximate surface area is 109 Å². The van der Waals surface area contributed by atoms with Crippen molar-refractivity contribution in [3.8, 4) is 0 Å². The fraction of sp³-hybridized carbons (Fsp3) is 0.929. The lowest BCUT2D eigenvalue weighted by Crippen LogP contribution is -2.39. The Morgan fingerprint density at radius 1 is 1.39 bits per heavy atom. The van der Waals surface area contributed by atoms with E-state index in [1.165, 1.54) is 32.1 Å². The third kappa shape index (κ3) is 2.35. The average Bonchev–Trinajstić information content (AvgIpc) is 2.84. The number of guanidine groups is 1. The molecule has 2 saturated heterocycles. The minimum atomic E-state index is 0.214. The van der Waals surface area contributed by atoms with Crippen molar-refractivity contribution in [1.82, 2.24) is 5.32 Å². The quantitative estimate of drug-likeness (QED) is 0.590. The van der Waals surface area contributed by atoms with Gasteiger partial charge in [0.25, 0.3) is 0 Å². The maximum atomic E-state index is 5.93. The van der Waals surface area contributed by atoms with E-state index in [0.717, 1.165) is 25.4 Å². The number of hydrogen-bond donors (Lipinski definition) is 2. The van der Waals surface area contributed by atoms with E-state index in [9.17, 15) is 0 Å². The molecule has 1 saturated carbocycles. The summed E-state index contributed by atoms with van der Waals surface area (Å²) in [5.41, 5.74) is 6.15. The van der Waals surface area contributed by atoms with Crippen LogP contribution in [0.1, 0.15) is 45.4 Å². The minimum absolute atomic E-state index is 0.214. The van der Waals surface area contributed by atoms with Gasteiger partial charge in [-0.05, 0) is 38.0 Å². The number of aliphatic imine (C=N–C) groups is 1. The predicted octanol–water partition coefficient (Wildman–Crippen LogP) is 1.65. The molecule has 0 amide bonds. The van der Waals surface area contributed by atoms with Crippen molar-refractivity contribution in [3.05, 3.63) is 0 Å². The molecular formula is C14H25N3O. The van der Waals surface area contributed by atoms with E-state index >= 15 is 0 Å². The molecule has 18 heavy (non-hydrogen) atoms. The Bertz CT molecular complexity index is 340. The molecule has 102 valence electrons. The van der Waals surface area contributed by atoms with Gasteiger partial charge in [-0.25, -0.2) is 0 Å². The summed E-state index contributed by atoms with van der Waals surface area (Å²) < 4.78 is 5.91. The highest BCUT2D eigenvalue weighted by Gasteiger charge is 2.49. The van der Waals surface area contributed by atoms with Crippen LogP contribution in [0.25, 0.3) is 0 Å². The minimum Gasteiger partial charge on any atom is -0.374 e. The van der Waals surface area contributed by atoms with Crippen LogP contribution in [0.3, 0.4) is 0 Å². The molecule has 3 unspecified atom stereocenters. The normalized spacial score (nSPS) is 39.9. The van der Waals surface area contributed by atoms with Crippen LogP contribution in [0, 0.1) is 11.3 Å². The molecule has 3 rings (SSSR count). The maximum absolute atomic E-state index is 5.93. The number of nitrogens with one attached hydrogen (secondary N) is 1. The monoisotopic (exact) mass is 251 g/mol. The van der Waals surface area contributed by atoms with Crippen LogP contribution in [0.5, 0.6) is 0 Å². The number of ether oxygens (including phenoxy) is 1. The molecule has 3 atom stereocenters. The zero-order chi connectivity index (χ0) is 12.6. The molecule has 2 bridgehead atoms. The number of fused-ring (bicyclic) bond motifs is 2. The third-order valence-corrected chi connectivity index (χ3v) is 4.99. The van der Waals surface area contributed by atoms with Gasteiger partial charge in [0, 0.05) is 12.0 Å². The lowest BCUT2D eigenvalue weighted by molar-refractivity contribution is 0.0706. The molecule has 3 aliphatic rings. The van der Waals surface area contributed by atoms with Gasteiger partial charge in [0.15, 0.2) is 5.96 Å². The molecule has 0 aromatic carbocycles. The third-order valence-electron chi connectivity index (χ3n) is 4.99. The molecular weight excluding hydrogens is 226 g/mol. The van der Waals surface area contributed by atoms with Crippen LogP contribution in [-0.4, -0.2) is 31.3 Å². The highest BCUT2D eigenvalue weighted by molar-refractivity contribution is 5.77. The molecule has 2 heterocycles. The first kappa shape index (κ1) is 12.3. The van der Waals surface area contributed by atoms with Gasteiger partial charge in [-0.15, -0.1) is 0 Å².